The van der Waals surface area contributed by atoms with Gasteiger partial charge in [0, 0.05) is 31.9 Å². The fourth-order valence-electron chi connectivity index (χ4n) is 2.88. The third-order valence-electron chi connectivity index (χ3n) is 4.25. The Hall–Kier alpha value is -2.05. The van der Waals surface area contributed by atoms with Gasteiger partial charge in [0.15, 0.2) is 0 Å². The van der Waals surface area contributed by atoms with E-state index in [0.29, 0.717) is 28.1 Å². The largest absolute Gasteiger partial charge is 0.354 e. The van der Waals surface area contributed by atoms with Gasteiger partial charge in [-0.1, -0.05) is 23.2 Å². The lowest BCUT2D eigenvalue weighted by atomic mass is 9.97. The second-order valence-electron chi connectivity index (χ2n) is 6.06. The Morgan fingerprint density at radius 1 is 1.24 bits per heavy atom. The number of benzene rings is 1. The van der Waals surface area contributed by atoms with Gasteiger partial charge >= 0.3 is 0 Å². The third kappa shape index (κ3) is 4.14. The second-order valence-corrected chi connectivity index (χ2v) is 6.87. The summed E-state index contributed by atoms with van der Waals surface area (Å²) in [6.45, 7) is 1.36. The van der Waals surface area contributed by atoms with Crippen LogP contribution in [0.2, 0.25) is 10.0 Å². The number of nitrogens with zero attached hydrogens (tertiary/aromatic N) is 3. The Morgan fingerprint density at radius 3 is 2.76 bits per heavy atom. The van der Waals surface area contributed by atoms with Crippen LogP contribution in [0.25, 0.3) is 0 Å². The molecule has 0 unspecified atom stereocenters. The zero-order valence-corrected chi connectivity index (χ0v) is 15.2. The monoisotopic (exact) mass is 380 g/mol. The summed E-state index contributed by atoms with van der Waals surface area (Å²) >= 11 is 11.9. The van der Waals surface area contributed by atoms with Gasteiger partial charge in [0.25, 0.3) is 5.56 Å². The maximum Gasteiger partial charge on any atom is 0.266 e. The molecule has 2 aromatic rings. The zero-order valence-electron chi connectivity index (χ0n) is 13.7. The minimum absolute atomic E-state index is 0.0621. The first-order valence-electron chi connectivity index (χ1n) is 7.99. The van der Waals surface area contributed by atoms with E-state index in [9.17, 15) is 9.59 Å². The van der Waals surface area contributed by atoms with Crippen molar-refractivity contribution in [1.29, 1.82) is 0 Å². The summed E-state index contributed by atoms with van der Waals surface area (Å²) in [7, 11) is 1.62. The second kappa shape index (κ2) is 7.45. The summed E-state index contributed by atoms with van der Waals surface area (Å²) in [4.78, 5) is 26.1. The van der Waals surface area contributed by atoms with Crippen molar-refractivity contribution in [2.45, 2.75) is 12.8 Å². The Balaban J connectivity index is 1.69. The van der Waals surface area contributed by atoms with Gasteiger partial charge < -0.3 is 10.2 Å². The molecule has 1 N–H and O–H groups in total. The molecule has 6 nitrogen and oxygen atoms in total. The number of aryl methyl sites for hydroxylation is 1. The van der Waals surface area contributed by atoms with Crippen molar-refractivity contribution in [3.63, 3.8) is 0 Å². The van der Waals surface area contributed by atoms with Crippen LogP contribution in [0.1, 0.15) is 12.8 Å². The SMILES string of the molecule is Cn1nc(N2CCC[C@@H](C(=O)Nc3ccc(Cl)c(Cl)c3)C2)ccc1=O. The van der Waals surface area contributed by atoms with Gasteiger partial charge in [-0.3, -0.25) is 9.59 Å². The first kappa shape index (κ1) is 17.8. The van der Waals surface area contributed by atoms with Crippen LogP contribution in [-0.4, -0.2) is 28.8 Å². The molecule has 1 aliphatic heterocycles. The Bertz CT molecular complexity index is 853. The lowest BCUT2D eigenvalue weighted by molar-refractivity contribution is -0.120. The maximum absolute atomic E-state index is 12.6. The molecular weight excluding hydrogens is 363 g/mol. The molecule has 1 aromatic heterocycles. The molecule has 1 aromatic carbocycles. The smallest absolute Gasteiger partial charge is 0.266 e. The molecule has 0 saturated carbocycles. The van der Waals surface area contributed by atoms with Crippen molar-refractivity contribution in [2.75, 3.05) is 23.3 Å². The highest BCUT2D eigenvalue weighted by Gasteiger charge is 2.27. The predicted octanol–water partition coefficient (Wildman–Crippen LogP) is 2.94. The summed E-state index contributed by atoms with van der Waals surface area (Å²) in [5, 5.41) is 8.00. The van der Waals surface area contributed by atoms with Gasteiger partial charge in [0.1, 0.15) is 5.82 Å². The molecule has 25 heavy (non-hydrogen) atoms. The van der Waals surface area contributed by atoms with Crippen molar-refractivity contribution in [2.24, 2.45) is 13.0 Å². The van der Waals surface area contributed by atoms with Crippen molar-refractivity contribution in [3.8, 4) is 0 Å². The van der Waals surface area contributed by atoms with Crippen LogP contribution in [0.4, 0.5) is 11.5 Å². The Labute approximate surface area is 155 Å². The first-order valence-corrected chi connectivity index (χ1v) is 8.75. The van der Waals surface area contributed by atoms with E-state index in [4.69, 9.17) is 23.2 Å². The van der Waals surface area contributed by atoms with Crippen LogP contribution in [0, 0.1) is 5.92 Å². The fraction of sp³-hybridized carbons (Fsp3) is 0.353. The molecule has 8 heteroatoms. The van der Waals surface area contributed by atoms with E-state index in [1.807, 2.05) is 4.90 Å². The van der Waals surface area contributed by atoms with E-state index in [2.05, 4.69) is 10.4 Å². The van der Waals surface area contributed by atoms with E-state index < -0.39 is 0 Å². The van der Waals surface area contributed by atoms with Gasteiger partial charge in [-0.25, -0.2) is 4.68 Å². The van der Waals surface area contributed by atoms with E-state index in [-0.39, 0.29) is 17.4 Å². The van der Waals surface area contributed by atoms with Gasteiger partial charge in [0.05, 0.1) is 16.0 Å². The minimum Gasteiger partial charge on any atom is -0.354 e. The average molecular weight is 381 g/mol. The lowest BCUT2D eigenvalue weighted by Crippen LogP contribution is -2.41. The molecule has 0 spiro atoms. The number of piperidine rings is 1. The Morgan fingerprint density at radius 2 is 2.04 bits per heavy atom. The summed E-state index contributed by atoms with van der Waals surface area (Å²) in [6.07, 6.45) is 1.68. The van der Waals surface area contributed by atoms with Gasteiger partial charge in [0.2, 0.25) is 5.91 Å². The standard InChI is InChI=1S/C17H18Cl2N4O2/c1-22-16(24)7-6-15(21-22)23-8-2-3-11(10-23)17(25)20-12-4-5-13(18)14(19)9-12/h4-7,9,11H,2-3,8,10H2,1H3,(H,20,25)/t11-/m1/s1. The van der Waals surface area contributed by atoms with Crippen LogP contribution < -0.4 is 15.8 Å². The topological polar surface area (TPSA) is 67.2 Å². The molecule has 3 rings (SSSR count). The number of carbonyl (C=O) groups excluding carboxylic acids is 1. The van der Waals surface area contributed by atoms with Crippen molar-refractivity contribution < 1.29 is 4.79 Å². The number of amides is 1. The number of halogens is 2. The van der Waals surface area contributed by atoms with E-state index in [1.165, 1.54) is 10.7 Å². The van der Waals surface area contributed by atoms with Crippen LogP contribution in [0.5, 0.6) is 0 Å². The van der Waals surface area contributed by atoms with E-state index in [1.54, 1.807) is 31.3 Å². The molecule has 1 amide bonds. The molecule has 132 valence electrons. The number of hydrogen-bond donors (Lipinski definition) is 1. The van der Waals surface area contributed by atoms with Crippen LogP contribution >= 0.6 is 23.2 Å². The van der Waals surface area contributed by atoms with Crippen molar-refractivity contribution in [3.05, 3.63) is 50.7 Å². The fourth-order valence-corrected chi connectivity index (χ4v) is 3.17. The third-order valence-corrected chi connectivity index (χ3v) is 4.99. The van der Waals surface area contributed by atoms with Crippen molar-refractivity contribution in [1.82, 2.24) is 9.78 Å². The zero-order chi connectivity index (χ0) is 18.0. The molecule has 2 heterocycles. The summed E-state index contributed by atoms with van der Waals surface area (Å²) in [5.41, 5.74) is 0.464. The summed E-state index contributed by atoms with van der Waals surface area (Å²) < 4.78 is 1.30. The number of rotatable bonds is 3. The van der Waals surface area contributed by atoms with Crippen LogP contribution in [0.3, 0.4) is 0 Å². The number of nitrogens with one attached hydrogen (secondary N) is 1. The summed E-state index contributed by atoms with van der Waals surface area (Å²) in [5.74, 6) is 0.476. The quantitative estimate of drug-likeness (QED) is 0.888. The maximum atomic E-state index is 12.6. The van der Waals surface area contributed by atoms with Gasteiger partial charge in [-0.15, -0.1) is 0 Å². The van der Waals surface area contributed by atoms with Gasteiger partial charge in [-0.2, -0.15) is 5.10 Å². The average Bonchev–Trinajstić information content (AvgIpc) is 2.60. The van der Waals surface area contributed by atoms with Crippen LogP contribution in [-0.2, 0) is 11.8 Å². The molecule has 0 aliphatic carbocycles. The highest BCUT2D eigenvalue weighted by molar-refractivity contribution is 6.42. The number of hydrogen-bond acceptors (Lipinski definition) is 4. The number of anilines is 2. The highest BCUT2D eigenvalue weighted by atomic mass is 35.5. The molecule has 0 radical (unpaired) electrons. The summed E-state index contributed by atoms with van der Waals surface area (Å²) in [6, 6.07) is 8.20. The molecule has 1 fully saturated rings. The molecule has 1 saturated heterocycles. The van der Waals surface area contributed by atoms with Crippen molar-refractivity contribution >= 4 is 40.6 Å². The highest BCUT2D eigenvalue weighted by Crippen LogP contribution is 2.26. The van der Waals surface area contributed by atoms with E-state index in [0.717, 1.165) is 19.4 Å². The number of aromatic nitrogens is 2. The Kier molecular flexibility index (Phi) is 5.30. The molecular formula is C17H18Cl2N4O2. The molecule has 1 aliphatic rings. The predicted molar refractivity (Wildman–Crippen MR) is 99.5 cm³/mol. The van der Waals surface area contributed by atoms with E-state index >= 15 is 0 Å². The molecule has 1 atom stereocenters. The normalized spacial score (nSPS) is 17.4. The first-order chi connectivity index (χ1) is 11.9. The number of carbonyl (C=O) groups is 1. The lowest BCUT2D eigenvalue weighted by Gasteiger charge is -2.32. The molecule has 0 bridgehead atoms. The van der Waals surface area contributed by atoms with Crippen LogP contribution in [0.15, 0.2) is 35.1 Å². The minimum atomic E-state index is -0.165. The van der Waals surface area contributed by atoms with Gasteiger partial charge in [-0.05, 0) is 37.1 Å².